The van der Waals surface area contributed by atoms with Crippen LogP contribution in [-0.4, -0.2) is 74.0 Å². The third kappa shape index (κ3) is 2.97. The lowest BCUT2D eigenvalue weighted by Gasteiger charge is -2.40. The summed E-state index contributed by atoms with van der Waals surface area (Å²) in [6.45, 7) is 6.21. The quantitative estimate of drug-likeness (QED) is 0.650. The van der Waals surface area contributed by atoms with Crippen LogP contribution in [0.3, 0.4) is 0 Å². The number of hydrogen-bond acceptors (Lipinski definition) is 7. The van der Waals surface area contributed by atoms with Gasteiger partial charge < -0.3 is 18.9 Å². The van der Waals surface area contributed by atoms with E-state index in [0.29, 0.717) is 6.42 Å². The van der Waals surface area contributed by atoms with E-state index >= 15 is 0 Å². The van der Waals surface area contributed by atoms with Crippen molar-refractivity contribution in [2.45, 2.75) is 62.6 Å². The topological polar surface area (TPSA) is 60.5 Å². The van der Waals surface area contributed by atoms with Crippen molar-refractivity contribution in [3.63, 3.8) is 0 Å². The number of carbonyl (C=O) groups excluding carboxylic acids is 1. The van der Waals surface area contributed by atoms with Gasteiger partial charge in [0.15, 0.2) is 17.6 Å². The number of benzene rings is 1. The average molecular weight is 443 g/mol. The molecule has 1 aromatic rings. The van der Waals surface area contributed by atoms with Gasteiger partial charge in [-0.25, -0.2) is 0 Å². The summed E-state index contributed by atoms with van der Waals surface area (Å²) in [6, 6.07) is 4.23. The third-order valence-electron chi connectivity index (χ3n) is 8.31. The number of esters is 1. The van der Waals surface area contributed by atoms with Crippen molar-refractivity contribution in [1.29, 1.82) is 0 Å². The summed E-state index contributed by atoms with van der Waals surface area (Å²) in [5.41, 5.74) is 1.51. The molecule has 1 aromatic carbocycles. The predicted octanol–water partition coefficient (Wildman–Crippen LogP) is 3.08. The minimum absolute atomic E-state index is 0.0424. The second-order valence-electron chi connectivity index (χ2n) is 9.81. The van der Waals surface area contributed by atoms with E-state index in [1.165, 1.54) is 11.1 Å². The molecule has 7 nitrogen and oxygen atoms in total. The van der Waals surface area contributed by atoms with E-state index in [1.807, 2.05) is 32.8 Å². The molecule has 0 radical (unpaired) electrons. The molecule has 0 unspecified atom stereocenters. The molecule has 0 amide bonds. The van der Waals surface area contributed by atoms with Gasteiger partial charge in [0.2, 0.25) is 6.79 Å². The van der Waals surface area contributed by atoms with Crippen molar-refractivity contribution in [2.75, 3.05) is 41.1 Å². The van der Waals surface area contributed by atoms with Crippen LogP contribution < -0.4 is 9.47 Å². The van der Waals surface area contributed by atoms with Gasteiger partial charge in [0.1, 0.15) is 11.3 Å². The largest absolute Gasteiger partial charge is 0.497 e. The monoisotopic (exact) mass is 442 g/mol. The first-order valence-electron chi connectivity index (χ1n) is 11.7. The van der Waals surface area contributed by atoms with Crippen LogP contribution in [0.5, 0.6) is 11.5 Å². The van der Waals surface area contributed by atoms with Gasteiger partial charge >= 0.3 is 5.97 Å². The SMILES string of the molecule is CC[C@](C)(C(=O)O[C@@H]1C(OC)=C[C@]23CCCN2CCc2cc4c(cc2[C@H]13)OCO4)N(C)C. The highest BCUT2D eigenvalue weighted by Gasteiger charge is 2.58. The highest BCUT2D eigenvalue weighted by atomic mass is 16.7. The summed E-state index contributed by atoms with van der Waals surface area (Å²) < 4.78 is 23.6. The van der Waals surface area contributed by atoms with Crippen LogP contribution in [0.25, 0.3) is 0 Å². The molecule has 0 bridgehead atoms. The predicted molar refractivity (Wildman–Crippen MR) is 120 cm³/mol. The molecule has 5 rings (SSSR count). The second-order valence-corrected chi connectivity index (χ2v) is 9.81. The molecule has 7 heteroatoms. The van der Waals surface area contributed by atoms with E-state index in [1.54, 1.807) is 7.11 Å². The molecule has 0 saturated carbocycles. The van der Waals surface area contributed by atoms with Crippen molar-refractivity contribution < 1.29 is 23.7 Å². The minimum Gasteiger partial charge on any atom is -0.497 e. The van der Waals surface area contributed by atoms with Gasteiger partial charge in [-0.1, -0.05) is 6.92 Å². The molecular weight excluding hydrogens is 408 g/mol. The molecule has 32 heavy (non-hydrogen) atoms. The Morgan fingerprint density at radius 1 is 1.28 bits per heavy atom. The smallest absolute Gasteiger partial charge is 0.326 e. The summed E-state index contributed by atoms with van der Waals surface area (Å²) >= 11 is 0. The Kier molecular flexibility index (Phi) is 5.17. The van der Waals surface area contributed by atoms with Gasteiger partial charge in [0.25, 0.3) is 0 Å². The van der Waals surface area contributed by atoms with Gasteiger partial charge in [-0.2, -0.15) is 0 Å². The van der Waals surface area contributed by atoms with Crippen molar-refractivity contribution in [3.05, 3.63) is 35.1 Å². The third-order valence-corrected chi connectivity index (χ3v) is 8.31. The minimum atomic E-state index is -0.702. The van der Waals surface area contributed by atoms with Crippen molar-refractivity contribution in [1.82, 2.24) is 9.80 Å². The molecule has 1 spiro atoms. The first kappa shape index (κ1) is 21.6. The number of methoxy groups -OCH3 is 1. The van der Waals surface area contributed by atoms with Gasteiger partial charge in [0, 0.05) is 6.54 Å². The number of rotatable bonds is 5. The highest BCUT2D eigenvalue weighted by Crippen LogP contribution is 2.55. The summed E-state index contributed by atoms with van der Waals surface area (Å²) in [5.74, 6) is 2.06. The molecule has 1 saturated heterocycles. The molecule has 3 heterocycles. The average Bonchev–Trinajstić information content (AvgIpc) is 3.46. The Morgan fingerprint density at radius 2 is 2.03 bits per heavy atom. The fourth-order valence-electron chi connectivity index (χ4n) is 5.98. The molecule has 0 N–H and O–H groups in total. The Balaban J connectivity index is 1.61. The van der Waals surface area contributed by atoms with Crippen LogP contribution >= 0.6 is 0 Å². The number of ether oxygens (including phenoxy) is 4. The number of nitrogens with zero attached hydrogens (tertiary/aromatic N) is 2. The standard InChI is InChI=1S/C25H34N2O5/c1-6-24(2,26(3)4)23(28)32-22-20(29-5)14-25-9-7-10-27(25)11-8-16-12-18-19(31-15-30-18)13-17(16)21(22)25/h12-14,21-22H,6-11,15H2,1-5H3/t21-,22-,24-,25+/m1/s1. The maximum atomic E-state index is 13.5. The Hall–Kier alpha value is -2.25. The van der Waals surface area contributed by atoms with Crippen LogP contribution in [0.15, 0.2) is 24.0 Å². The van der Waals surface area contributed by atoms with E-state index < -0.39 is 11.6 Å². The summed E-state index contributed by atoms with van der Waals surface area (Å²) in [6.07, 6.45) is 5.50. The zero-order valence-electron chi connectivity index (χ0n) is 19.8. The van der Waals surface area contributed by atoms with Gasteiger partial charge in [0.05, 0.1) is 18.6 Å². The fourth-order valence-corrected chi connectivity index (χ4v) is 5.98. The Labute approximate surface area is 190 Å². The lowest BCUT2D eigenvalue weighted by Crippen LogP contribution is -2.52. The van der Waals surface area contributed by atoms with E-state index in [2.05, 4.69) is 23.1 Å². The van der Waals surface area contributed by atoms with Crippen LogP contribution in [0.1, 0.15) is 50.2 Å². The van der Waals surface area contributed by atoms with E-state index in [-0.39, 0.29) is 24.2 Å². The molecule has 174 valence electrons. The van der Waals surface area contributed by atoms with E-state index in [9.17, 15) is 4.79 Å². The maximum Gasteiger partial charge on any atom is 0.326 e. The summed E-state index contributed by atoms with van der Waals surface area (Å²) in [7, 11) is 5.53. The molecule has 0 aromatic heterocycles. The zero-order chi connectivity index (χ0) is 22.7. The van der Waals surface area contributed by atoms with E-state index in [4.69, 9.17) is 18.9 Å². The summed E-state index contributed by atoms with van der Waals surface area (Å²) in [5, 5.41) is 0. The number of likely N-dealkylation sites (N-methyl/N-ethyl adjacent to an activating group) is 1. The Morgan fingerprint density at radius 3 is 2.72 bits per heavy atom. The first-order chi connectivity index (χ1) is 15.3. The Bertz CT molecular complexity index is 960. The number of hydrogen-bond donors (Lipinski definition) is 0. The zero-order valence-corrected chi connectivity index (χ0v) is 19.8. The van der Waals surface area contributed by atoms with Gasteiger partial charge in [-0.05, 0) is 82.6 Å². The normalized spacial score (nSPS) is 30.1. The van der Waals surface area contributed by atoms with E-state index in [0.717, 1.165) is 49.6 Å². The van der Waals surface area contributed by atoms with Crippen LogP contribution in [-0.2, 0) is 20.7 Å². The van der Waals surface area contributed by atoms with Crippen LogP contribution in [0, 0.1) is 0 Å². The molecular formula is C25H34N2O5. The fraction of sp³-hybridized carbons (Fsp3) is 0.640. The maximum absolute atomic E-state index is 13.5. The molecule has 4 atom stereocenters. The lowest BCUT2D eigenvalue weighted by atomic mass is 9.77. The number of carbonyl (C=O) groups is 1. The van der Waals surface area contributed by atoms with Crippen molar-refractivity contribution in [3.8, 4) is 11.5 Å². The molecule has 4 aliphatic rings. The summed E-state index contributed by atoms with van der Waals surface area (Å²) in [4.78, 5) is 18.0. The molecule has 1 fully saturated rings. The van der Waals surface area contributed by atoms with Gasteiger partial charge in [-0.15, -0.1) is 0 Å². The van der Waals surface area contributed by atoms with Crippen LogP contribution in [0.4, 0.5) is 0 Å². The highest BCUT2D eigenvalue weighted by molar-refractivity contribution is 5.81. The molecule has 1 aliphatic carbocycles. The second kappa shape index (κ2) is 7.66. The van der Waals surface area contributed by atoms with Crippen molar-refractivity contribution >= 4 is 5.97 Å². The number of fused-ring (bicyclic) bond motifs is 3. The van der Waals surface area contributed by atoms with Crippen LogP contribution in [0.2, 0.25) is 0 Å². The molecule has 3 aliphatic heterocycles. The first-order valence-corrected chi connectivity index (χ1v) is 11.7. The van der Waals surface area contributed by atoms with Gasteiger partial charge in [-0.3, -0.25) is 14.6 Å². The lowest BCUT2D eigenvalue weighted by molar-refractivity contribution is -0.163. The van der Waals surface area contributed by atoms with Crippen molar-refractivity contribution in [2.24, 2.45) is 0 Å².